The van der Waals surface area contributed by atoms with E-state index in [1.165, 1.54) is 0 Å². The van der Waals surface area contributed by atoms with Crippen LogP contribution in [0.15, 0.2) is 0 Å². The maximum absolute atomic E-state index is 13.2. The minimum absolute atomic E-state index is 0.0579. The number of halogens is 5. The Morgan fingerprint density at radius 2 is 1.37 bits per heavy atom. The second-order valence-electron chi connectivity index (χ2n) is 3.28. The van der Waals surface area contributed by atoms with Gasteiger partial charge in [-0.2, -0.15) is 0 Å². The number of hydrogen-bond acceptors (Lipinski definition) is 3. The summed E-state index contributed by atoms with van der Waals surface area (Å²) in [6, 6.07) is 0. The molecule has 0 aliphatic rings. The summed E-state index contributed by atoms with van der Waals surface area (Å²) in [6.07, 6.45) is 0. The van der Waals surface area contributed by atoms with E-state index in [0.29, 0.717) is 6.61 Å². The predicted octanol–water partition coefficient (Wildman–Crippen LogP) is 2.58. The van der Waals surface area contributed by atoms with Crippen molar-refractivity contribution >= 4 is 5.97 Å². The van der Waals surface area contributed by atoms with Crippen LogP contribution in [0.25, 0.3) is 0 Å². The van der Waals surface area contributed by atoms with Crippen molar-refractivity contribution in [3.8, 4) is 0 Å². The van der Waals surface area contributed by atoms with Gasteiger partial charge in [0.25, 0.3) is 0 Å². The molecule has 0 heterocycles. The SMILES string of the molecule is CCOCCOC(=O)c1c(F)c(F)c(F)c(F)c1F. The molecule has 0 fully saturated rings. The van der Waals surface area contributed by atoms with Gasteiger partial charge in [0.1, 0.15) is 12.2 Å². The predicted molar refractivity (Wildman–Crippen MR) is 53.0 cm³/mol. The zero-order chi connectivity index (χ0) is 14.6. The summed E-state index contributed by atoms with van der Waals surface area (Å²) >= 11 is 0. The van der Waals surface area contributed by atoms with E-state index in [-0.39, 0.29) is 13.2 Å². The van der Waals surface area contributed by atoms with E-state index in [2.05, 4.69) is 4.74 Å². The first-order chi connectivity index (χ1) is 8.91. The molecule has 0 unspecified atom stereocenters. The van der Waals surface area contributed by atoms with Gasteiger partial charge in [-0.15, -0.1) is 0 Å². The third kappa shape index (κ3) is 3.19. The van der Waals surface area contributed by atoms with Crippen LogP contribution >= 0.6 is 0 Å². The quantitative estimate of drug-likeness (QED) is 0.274. The second-order valence-corrected chi connectivity index (χ2v) is 3.28. The molecule has 0 aliphatic heterocycles. The molecule has 0 saturated carbocycles. The molecule has 0 radical (unpaired) electrons. The van der Waals surface area contributed by atoms with Crippen LogP contribution in [0.1, 0.15) is 17.3 Å². The first-order valence-electron chi connectivity index (χ1n) is 5.18. The molecule has 3 nitrogen and oxygen atoms in total. The summed E-state index contributed by atoms with van der Waals surface area (Å²) in [5, 5.41) is 0. The summed E-state index contributed by atoms with van der Waals surface area (Å²) in [6.45, 7) is 1.55. The summed E-state index contributed by atoms with van der Waals surface area (Å²) < 4.78 is 73.8. The number of rotatable bonds is 5. The van der Waals surface area contributed by atoms with Crippen molar-refractivity contribution in [2.75, 3.05) is 19.8 Å². The zero-order valence-electron chi connectivity index (χ0n) is 9.74. The van der Waals surface area contributed by atoms with E-state index < -0.39 is 40.6 Å². The Bertz CT molecular complexity index is 461. The van der Waals surface area contributed by atoms with Crippen molar-refractivity contribution in [2.45, 2.75) is 6.92 Å². The Morgan fingerprint density at radius 1 is 0.895 bits per heavy atom. The smallest absolute Gasteiger partial charge is 0.344 e. The number of benzene rings is 1. The monoisotopic (exact) mass is 284 g/mol. The van der Waals surface area contributed by atoms with Crippen LogP contribution in [-0.2, 0) is 9.47 Å². The van der Waals surface area contributed by atoms with E-state index in [9.17, 15) is 26.7 Å². The summed E-state index contributed by atoms with van der Waals surface area (Å²) in [5.41, 5.74) is -1.62. The van der Waals surface area contributed by atoms with Crippen molar-refractivity contribution in [3.63, 3.8) is 0 Å². The number of carbonyl (C=O) groups is 1. The Hall–Kier alpha value is -1.70. The topological polar surface area (TPSA) is 35.5 Å². The number of ether oxygens (including phenoxy) is 2. The number of hydrogen-bond donors (Lipinski definition) is 0. The summed E-state index contributed by atoms with van der Waals surface area (Å²) in [4.78, 5) is 11.3. The van der Waals surface area contributed by atoms with Crippen molar-refractivity contribution in [3.05, 3.63) is 34.6 Å². The molecule has 0 saturated heterocycles. The average molecular weight is 284 g/mol. The molecule has 1 aromatic rings. The Kier molecular flexibility index (Phi) is 5.22. The molecule has 19 heavy (non-hydrogen) atoms. The molecule has 0 amide bonds. The number of esters is 1. The second kappa shape index (κ2) is 6.46. The lowest BCUT2D eigenvalue weighted by Crippen LogP contribution is -2.17. The highest BCUT2D eigenvalue weighted by atomic mass is 19.2. The van der Waals surface area contributed by atoms with Gasteiger partial charge in [-0.1, -0.05) is 0 Å². The molecule has 8 heteroatoms. The average Bonchev–Trinajstić information content (AvgIpc) is 2.39. The zero-order valence-corrected chi connectivity index (χ0v) is 9.74. The highest BCUT2D eigenvalue weighted by Gasteiger charge is 2.30. The molecule has 1 aromatic carbocycles. The maximum atomic E-state index is 13.2. The lowest BCUT2D eigenvalue weighted by Gasteiger charge is -2.08. The van der Waals surface area contributed by atoms with Crippen LogP contribution in [0.2, 0.25) is 0 Å². The van der Waals surface area contributed by atoms with Gasteiger partial charge >= 0.3 is 5.97 Å². The molecule has 0 N–H and O–H groups in total. The van der Waals surface area contributed by atoms with Crippen LogP contribution in [-0.4, -0.2) is 25.8 Å². The normalized spacial score (nSPS) is 10.6. The van der Waals surface area contributed by atoms with Gasteiger partial charge in [0.2, 0.25) is 5.82 Å². The van der Waals surface area contributed by atoms with Crippen LogP contribution in [0, 0.1) is 29.1 Å². The molecule has 0 atom stereocenters. The Labute approximate surface area is 104 Å². The van der Waals surface area contributed by atoms with E-state index in [4.69, 9.17) is 4.74 Å². The molecular formula is C11H9F5O3. The molecule has 106 valence electrons. The first kappa shape index (κ1) is 15.4. The van der Waals surface area contributed by atoms with Gasteiger partial charge < -0.3 is 9.47 Å². The first-order valence-corrected chi connectivity index (χ1v) is 5.18. The number of carbonyl (C=O) groups excluding carboxylic acids is 1. The largest absolute Gasteiger partial charge is 0.459 e. The van der Waals surface area contributed by atoms with E-state index in [0.717, 1.165) is 0 Å². The van der Waals surface area contributed by atoms with E-state index in [1.807, 2.05) is 0 Å². The van der Waals surface area contributed by atoms with Crippen molar-refractivity contribution < 1.29 is 36.2 Å². The minimum Gasteiger partial charge on any atom is -0.459 e. The van der Waals surface area contributed by atoms with Crippen LogP contribution < -0.4 is 0 Å². The van der Waals surface area contributed by atoms with E-state index >= 15 is 0 Å². The Morgan fingerprint density at radius 3 is 1.84 bits per heavy atom. The molecule has 1 rings (SSSR count). The van der Waals surface area contributed by atoms with Gasteiger partial charge in [-0.25, -0.2) is 26.7 Å². The van der Waals surface area contributed by atoms with Gasteiger partial charge in [-0.3, -0.25) is 0 Å². The van der Waals surface area contributed by atoms with E-state index in [1.54, 1.807) is 6.92 Å². The molecule has 0 aromatic heterocycles. The maximum Gasteiger partial charge on any atom is 0.344 e. The van der Waals surface area contributed by atoms with Crippen LogP contribution in [0.5, 0.6) is 0 Å². The lowest BCUT2D eigenvalue weighted by molar-refractivity contribution is 0.0323. The summed E-state index contributed by atoms with van der Waals surface area (Å²) in [7, 11) is 0. The fraction of sp³-hybridized carbons (Fsp3) is 0.364. The molecular weight excluding hydrogens is 275 g/mol. The molecule has 0 aliphatic carbocycles. The fourth-order valence-electron chi connectivity index (χ4n) is 1.19. The standard InChI is InChI=1S/C11H9F5O3/c1-2-18-3-4-19-11(17)5-6(12)8(14)10(16)9(15)7(5)13/h2-4H2,1H3. The van der Waals surface area contributed by atoms with Crippen molar-refractivity contribution in [1.82, 2.24) is 0 Å². The highest BCUT2D eigenvalue weighted by Crippen LogP contribution is 2.23. The van der Waals surface area contributed by atoms with Gasteiger partial charge in [-0.05, 0) is 6.92 Å². The molecule has 0 bridgehead atoms. The summed E-state index contributed by atoms with van der Waals surface area (Å²) in [5.74, 6) is -12.8. The van der Waals surface area contributed by atoms with Crippen molar-refractivity contribution in [2.24, 2.45) is 0 Å². The van der Waals surface area contributed by atoms with Gasteiger partial charge in [0, 0.05) is 6.61 Å². The Balaban J connectivity index is 2.97. The van der Waals surface area contributed by atoms with Crippen LogP contribution in [0.4, 0.5) is 22.0 Å². The third-order valence-corrected chi connectivity index (χ3v) is 2.08. The van der Waals surface area contributed by atoms with Gasteiger partial charge in [0.15, 0.2) is 23.3 Å². The van der Waals surface area contributed by atoms with Crippen molar-refractivity contribution in [1.29, 1.82) is 0 Å². The van der Waals surface area contributed by atoms with Gasteiger partial charge in [0.05, 0.1) is 6.61 Å². The third-order valence-electron chi connectivity index (χ3n) is 2.08. The minimum atomic E-state index is -2.33. The van der Waals surface area contributed by atoms with Crippen LogP contribution in [0.3, 0.4) is 0 Å². The highest BCUT2D eigenvalue weighted by molar-refractivity contribution is 5.90. The fourth-order valence-corrected chi connectivity index (χ4v) is 1.19. The molecule has 0 spiro atoms. The lowest BCUT2D eigenvalue weighted by atomic mass is 10.1.